The Kier molecular flexibility index (Phi) is 3.16. The zero-order valence-corrected chi connectivity index (χ0v) is 10.4. The van der Waals surface area contributed by atoms with Gasteiger partial charge in [-0.2, -0.15) is 0 Å². The lowest BCUT2D eigenvalue weighted by Crippen LogP contribution is -2.26. The molecular weight excluding hydrogens is 242 g/mol. The van der Waals surface area contributed by atoms with E-state index in [-0.39, 0.29) is 0 Å². The summed E-state index contributed by atoms with van der Waals surface area (Å²) in [6.07, 6.45) is 3.32. The Morgan fingerprint density at radius 3 is 3.05 bits per heavy atom. The molecule has 3 rings (SSSR count). The number of nitrogens with one attached hydrogen (secondary N) is 1. The number of ether oxygens (including phenoxy) is 1. The maximum Gasteiger partial charge on any atom is 0.160 e. The normalized spacial score (nSPS) is 14.3. The molecule has 6 nitrogen and oxygen atoms in total. The van der Waals surface area contributed by atoms with E-state index in [2.05, 4.69) is 26.4 Å². The summed E-state index contributed by atoms with van der Waals surface area (Å²) in [5.41, 5.74) is 3.66. The zero-order valence-electron chi connectivity index (χ0n) is 10.4. The highest BCUT2D eigenvalue weighted by atomic mass is 16.5. The van der Waals surface area contributed by atoms with Crippen molar-refractivity contribution in [1.29, 1.82) is 0 Å². The molecule has 1 aromatic carbocycles. The van der Waals surface area contributed by atoms with Crippen LogP contribution < -0.4 is 20.9 Å². The van der Waals surface area contributed by atoms with Gasteiger partial charge in [-0.15, -0.1) is 0 Å². The molecule has 98 valence electrons. The number of anilines is 2. The number of hydrogen-bond donors (Lipinski definition) is 2. The van der Waals surface area contributed by atoms with Gasteiger partial charge >= 0.3 is 0 Å². The molecule has 6 heteroatoms. The van der Waals surface area contributed by atoms with Gasteiger partial charge in [0.25, 0.3) is 0 Å². The molecule has 19 heavy (non-hydrogen) atoms. The molecule has 0 amide bonds. The lowest BCUT2D eigenvalue weighted by molar-refractivity contribution is 0.331. The third kappa shape index (κ3) is 2.43. The fourth-order valence-corrected chi connectivity index (χ4v) is 2.10. The van der Waals surface area contributed by atoms with E-state index in [4.69, 9.17) is 10.6 Å². The topological polar surface area (TPSA) is 76.3 Å². The Bertz CT molecular complexity index is 574. The summed E-state index contributed by atoms with van der Waals surface area (Å²) in [6.45, 7) is 2.13. The molecule has 0 unspecified atom stereocenters. The third-order valence-electron chi connectivity index (χ3n) is 3.05. The minimum atomic E-state index is 0.552. The molecule has 0 atom stereocenters. The summed E-state index contributed by atoms with van der Waals surface area (Å²) in [5, 5.41) is 0. The first kappa shape index (κ1) is 11.7. The van der Waals surface area contributed by atoms with Gasteiger partial charge in [0.1, 0.15) is 18.2 Å². The molecule has 0 fully saturated rings. The van der Waals surface area contributed by atoms with Crippen molar-refractivity contribution in [2.75, 3.05) is 23.5 Å². The molecule has 3 N–H and O–H groups in total. The van der Waals surface area contributed by atoms with Crippen LogP contribution in [-0.2, 0) is 6.54 Å². The zero-order chi connectivity index (χ0) is 13.1. The Balaban J connectivity index is 1.89. The molecule has 0 bridgehead atoms. The number of nitrogens with two attached hydrogens (primary N) is 1. The number of nitrogen functional groups attached to an aromatic ring is 1. The van der Waals surface area contributed by atoms with Crippen molar-refractivity contribution in [3.63, 3.8) is 0 Å². The maximum atomic E-state index is 5.73. The first-order valence-corrected chi connectivity index (χ1v) is 6.11. The monoisotopic (exact) mass is 257 g/mol. The summed E-state index contributed by atoms with van der Waals surface area (Å²) >= 11 is 0. The second-order valence-electron chi connectivity index (χ2n) is 4.28. The van der Waals surface area contributed by atoms with Gasteiger partial charge in [0.2, 0.25) is 0 Å². The maximum absolute atomic E-state index is 5.73. The number of nitrogens with zero attached hydrogens (tertiary/aromatic N) is 3. The van der Waals surface area contributed by atoms with Gasteiger partial charge in [-0.1, -0.05) is 18.2 Å². The number of hydrogen-bond acceptors (Lipinski definition) is 6. The van der Waals surface area contributed by atoms with Crippen molar-refractivity contribution in [2.45, 2.75) is 6.54 Å². The molecule has 0 aliphatic carbocycles. The standard InChI is InChI=1S/C13H15N5O/c14-17-12-7-15-8-13(16-12)18-5-6-19-11-4-2-1-3-10(11)9-18/h1-4,7-8H,5-6,9,14H2,(H,16,17). The smallest absolute Gasteiger partial charge is 0.160 e. The van der Waals surface area contributed by atoms with Crippen molar-refractivity contribution < 1.29 is 4.74 Å². The quantitative estimate of drug-likeness (QED) is 0.621. The van der Waals surface area contributed by atoms with E-state index < -0.39 is 0 Å². The van der Waals surface area contributed by atoms with Crippen molar-refractivity contribution >= 4 is 11.6 Å². The average molecular weight is 257 g/mol. The van der Waals surface area contributed by atoms with Crippen LogP contribution in [0.5, 0.6) is 5.75 Å². The minimum Gasteiger partial charge on any atom is -0.491 e. The van der Waals surface area contributed by atoms with Gasteiger partial charge in [0.05, 0.1) is 18.9 Å². The number of aromatic nitrogens is 2. The second-order valence-corrected chi connectivity index (χ2v) is 4.28. The van der Waals surface area contributed by atoms with E-state index in [0.29, 0.717) is 12.4 Å². The van der Waals surface area contributed by atoms with E-state index in [1.54, 1.807) is 12.4 Å². The molecule has 0 saturated carbocycles. The van der Waals surface area contributed by atoms with Crippen molar-refractivity contribution in [1.82, 2.24) is 9.97 Å². The van der Waals surface area contributed by atoms with E-state index in [1.165, 1.54) is 0 Å². The molecule has 1 aliphatic heterocycles. The fraction of sp³-hybridized carbons (Fsp3) is 0.231. The van der Waals surface area contributed by atoms with Gasteiger partial charge in [0.15, 0.2) is 5.82 Å². The molecule has 1 aliphatic rings. The predicted molar refractivity (Wildman–Crippen MR) is 72.8 cm³/mol. The summed E-state index contributed by atoms with van der Waals surface area (Å²) in [5.74, 6) is 7.64. The summed E-state index contributed by atoms with van der Waals surface area (Å²) in [4.78, 5) is 10.7. The number of para-hydroxylation sites is 1. The number of fused-ring (bicyclic) bond motifs is 1. The summed E-state index contributed by atoms with van der Waals surface area (Å²) in [7, 11) is 0. The molecule has 2 aromatic rings. The first-order chi connectivity index (χ1) is 9.36. The molecule has 0 radical (unpaired) electrons. The van der Waals surface area contributed by atoms with Gasteiger partial charge in [-0.05, 0) is 6.07 Å². The molecule has 1 aromatic heterocycles. The van der Waals surface area contributed by atoms with Crippen LogP contribution in [0.25, 0.3) is 0 Å². The molecule has 2 heterocycles. The number of rotatable bonds is 2. The summed E-state index contributed by atoms with van der Waals surface area (Å²) in [6, 6.07) is 8.04. The largest absolute Gasteiger partial charge is 0.491 e. The highest BCUT2D eigenvalue weighted by molar-refractivity contribution is 5.46. The second kappa shape index (κ2) is 5.11. The predicted octanol–water partition coefficient (Wildman–Crippen LogP) is 1.16. The van der Waals surface area contributed by atoms with Crippen LogP contribution in [0, 0.1) is 0 Å². The Morgan fingerprint density at radius 1 is 1.26 bits per heavy atom. The van der Waals surface area contributed by atoms with E-state index in [9.17, 15) is 0 Å². The van der Waals surface area contributed by atoms with E-state index >= 15 is 0 Å². The van der Waals surface area contributed by atoms with E-state index in [1.807, 2.05) is 18.2 Å². The Labute approximate surface area is 111 Å². The first-order valence-electron chi connectivity index (χ1n) is 6.11. The summed E-state index contributed by atoms with van der Waals surface area (Å²) < 4.78 is 5.73. The van der Waals surface area contributed by atoms with Crippen LogP contribution in [-0.4, -0.2) is 23.1 Å². The lowest BCUT2D eigenvalue weighted by Gasteiger charge is -2.20. The average Bonchev–Trinajstić information content (AvgIpc) is 2.69. The fourth-order valence-electron chi connectivity index (χ4n) is 2.10. The van der Waals surface area contributed by atoms with Crippen LogP contribution in [0.4, 0.5) is 11.6 Å². The van der Waals surface area contributed by atoms with Crippen LogP contribution in [0.2, 0.25) is 0 Å². The van der Waals surface area contributed by atoms with Crippen molar-refractivity contribution in [2.24, 2.45) is 5.84 Å². The highest BCUT2D eigenvalue weighted by Gasteiger charge is 2.16. The van der Waals surface area contributed by atoms with Crippen molar-refractivity contribution in [3.8, 4) is 5.75 Å². The Morgan fingerprint density at radius 2 is 2.16 bits per heavy atom. The third-order valence-corrected chi connectivity index (χ3v) is 3.05. The number of benzene rings is 1. The van der Waals surface area contributed by atoms with Crippen LogP contribution in [0.1, 0.15) is 5.56 Å². The van der Waals surface area contributed by atoms with Crippen molar-refractivity contribution in [3.05, 3.63) is 42.2 Å². The van der Waals surface area contributed by atoms with Gasteiger partial charge in [-0.3, -0.25) is 4.98 Å². The molecule has 0 saturated heterocycles. The Hall–Kier alpha value is -2.34. The van der Waals surface area contributed by atoms with Gasteiger partial charge in [0, 0.05) is 12.1 Å². The SMILES string of the molecule is NNc1cncc(N2CCOc3ccccc3C2)n1. The van der Waals surface area contributed by atoms with Crippen LogP contribution >= 0.6 is 0 Å². The molecular formula is C13H15N5O. The lowest BCUT2D eigenvalue weighted by atomic mass is 10.2. The van der Waals surface area contributed by atoms with E-state index in [0.717, 1.165) is 30.2 Å². The van der Waals surface area contributed by atoms with Gasteiger partial charge < -0.3 is 15.1 Å². The van der Waals surface area contributed by atoms with Crippen LogP contribution in [0.15, 0.2) is 36.7 Å². The highest BCUT2D eigenvalue weighted by Crippen LogP contribution is 2.25. The van der Waals surface area contributed by atoms with Crippen LogP contribution in [0.3, 0.4) is 0 Å². The number of hydrazine groups is 1. The molecule has 0 spiro atoms. The van der Waals surface area contributed by atoms with Gasteiger partial charge in [-0.25, -0.2) is 10.8 Å². The minimum absolute atomic E-state index is 0.552.